The molecule has 15 heavy (non-hydrogen) atoms. The van der Waals surface area contributed by atoms with Crippen molar-refractivity contribution < 1.29 is 4.74 Å². The van der Waals surface area contributed by atoms with E-state index in [9.17, 15) is 4.79 Å². The molecular formula is C11H9NO2S. The second-order valence-electron chi connectivity index (χ2n) is 3.51. The van der Waals surface area contributed by atoms with Crippen LogP contribution in [0.25, 0.3) is 11.3 Å². The summed E-state index contributed by atoms with van der Waals surface area (Å²) in [7, 11) is 1.65. The third kappa shape index (κ3) is 1.22. The van der Waals surface area contributed by atoms with Gasteiger partial charge in [-0.25, -0.2) is 0 Å². The Kier molecular flexibility index (Phi) is 1.73. The maximum absolute atomic E-state index is 11.2. The van der Waals surface area contributed by atoms with E-state index in [-0.39, 0.29) is 4.87 Å². The van der Waals surface area contributed by atoms with Crippen molar-refractivity contribution in [2.24, 2.45) is 0 Å². The molecule has 0 aliphatic heterocycles. The van der Waals surface area contributed by atoms with Gasteiger partial charge in [0.15, 0.2) is 0 Å². The molecular weight excluding hydrogens is 210 g/mol. The minimum absolute atomic E-state index is 0.0217. The predicted octanol–water partition coefficient (Wildman–Crippen LogP) is 2.02. The summed E-state index contributed by atoms with van der Waals surface area (Å²) in [4.78, 5) is 15.2. The van der Waals surface area contributed by atoms with Gasteiger partial charge in [-0.05, 0) is 17.7 Å². The van der Waals surface area contributed by atoms with Gasteiger partial charge < -0.3 is 9.72 Å². The highest BCUT2D eigenvalue weighted by Gasteiger charge is 2.21. The van der Waals surface area contributed by atoms with Crippen molar-refractivity contribution >= 4 is 11.3 Å². The molecule has 3 rings (SSSR count). The van der Waals surface area contributed by atoms with Gasteiger partial charge in [0, 0.05) is 16.9 Å². The molecule has 0 saturated heterocycles. The molecule has 0 saturated carbocycles. The molecule has 4 heteroatoms. The molecule has 1 aromatic carbocycles. The lowest BCUT2D eigenvalue weighted by Crippen LogP contribution is -1.93. The van der Waals surface area contributed by atoms with Crippen molar-refractivity contribution in [2.45, 2.75) is 6.42 Å². The first-order valence-electron chi connectivity index (χ1n) is 4.67. The number of H-pyrrole nitrogens is 1. The topological polar surface area (TPSA) is 42.1 Å². The van der Waals surface area contributed by atoms with Crippen LogP contribution in [-0.4, -0.2) is 12.1 Å². The maximum Gasteiger partial charge on any atom is 0.305 e. The summed E-state index contributed by atoms with van der Waals surface area (Å²) in [6.07, 6.45) is 0.859. The predicted molar refractivity (Wildman–Crippen MR) is 59.7 cm³/mol. The summed E-state index contributed by atoms with van der Waals surface area (Å²) in [5.74, 6) is 0.827. The Morgan fingerprint density at radius 2 is 2.33 bits per heavy atom. The molecule has 0 radical (unpaired) electrons. The van der Waals surface area contributed by atoms with Crippen LogP contribution < -0.4 is 9.61 Å². The minimum atomic E-state index is 0.0217. The highest BCUT2D eigenvalue weighted by Crippen LogP contribution is 2.38. The molecule has 1 aliphatic carbocycles. The number of fused-ring (bicyclic) bond motifs is 3. The minimum Gasteiger partial charge on any atom is -0.497 e. The Balaban J connectivity index is 2.24. The van der Waals surface area contributed by atoms with E-state index in [1.165, 1.54) is 16.9 Å². The fourth-order valence-electron chi connectivity index (χ4n) is 1.94. The summed E-state index contributed by atoms with van der Waals surface area (Å²) in [5.41, 5.74) is 3.33. The van der Waals surface area contributed by atoms with E-state index in [4.69, 9.17) is 4.74 Å². The molecule has 0 fully saturated rings. The first-order valence-corrected chi connectivity index (χ1v) is 5.49. The van der Waals surface area contributed by atoms with Gasteiger partial charge in [-0.2, -0.15) is 0 Å². The highest BCUT2D eigenvalue weighted by molar-refractivity contribution is 7.09. The van der Waals surface area contributed by atoms with Crippen molar-refractivity contribution in [1.29, 1.82) is 0 Å². The summed E-state index contributed by atoms with van der Waals surface area (Å²) in [6.45, 7) is 0. The Morgan fingerprint density at radius 1 is 1.47 bits per heavy atom. The average molecular weight is 219 g/mol. The van der Waals surface area contributed by atoms with Crippen molar-refractivity contribution in [2.75, 3.05) is 7.11 Å². The number of methoxy groups -OCH3 is 1. The number of thiazole rings is 1. The number of aromatic nitrogens is 1. The van der Waals surface area contributed by atoms with Gasteiger partial charge in [0.2, 0.25) is 0 Å². The van der Waals surface area contributed by atoms with Crippen molar-refractivity contribution in [3.05, 3.63) is 38.3 Å². The van der Waals surface area contributed by atoms with Gasteiger partial charge in [-0.15, -0.1) is 0 Å². The van der Waals surface area contributed by atoms with E-state index in [0.29, 0.717) is 0 Å². The molecule has 0 atom stereocenters. The molecule has 3 nitrogen and oxygen atoms in total. The second kappa shape index (κ2) is 2.97. The van der Waals surface area contributed by atoms with E-state index in [1.54, 1.807) is 7.11 Å². The highest BCUT2D eigenvalue weighted by atomic mass is 32.1. The first-order chi connectivity index (χ1) is 7.28. The lowest BCUT2D eigenvalue weighted by molar-refractivity contribution is 0.415. The van der Waals surface area contributed by atoms with Crippen molar-refractivity contribution in [3.8, 4) is 17.0 Å². The van der Waals surface area contributed by atoms with Crippen LogP contribution in [0.1, 0.15) is 10.4 Å². The fourth-order valence-corrected chi connectivity index (χ4v) is 2.81. The van der Waals surface area contributed by atoms with E-state index >= 15 is 0 Å². The number of aromatic amines is 1. The molecule has 1 aliphatic rings. The SMILES string of the molecule is COc1ccc2c(c1)-c1[nH]c(=O)sc1C2. The quantitative estimate of drug-likeness (QED) is 0.680. The third-order valence-corrected chi connectivity index (χ3v) is 3.54. The smallest absolute Gasteiger partial charge is 0.305 e. The van der Waals surface area contributed by atoms with E-state index in [0.717, 1.165) is 28.3 Å². The molecule has 1 aromatic heterocycles. The molecule has 76 valence electrons. The van der Waals surface area contributed by atoms with Gasteiger partial charge in [-0.3, -0.25) is 4.79 Å². The van der Waals surface area contributed by atoms with Crippen LogP contribution >= 0.6 is 11.3 Å². The van der Waals surface area contributed by atoms with Crippen LogP contribution in [0, 0.1) is 0 Å². The molecule has 1 N–H and O–H groups in total. The van der Waals surface area contributed by atoms with Crippen molar-refractivity contribution in [1.82, 2.24) is 4.98 Å². The molecule has 0 spiro atoms. The van der Waals surface area contributed by atoms with E-state index in [1.807, 2.05) is 12.1 Å². The third-order valence-electron chi connectivity index (χ3n) is 2.66. The van der Waals surface area contributed by atoms with Gasteiger partial charge in [0.05, 0.1) is 12.8 Å². The molecule has 1 heterocycles. The van der Waals surface area contributed by atoms with Crippen molar-refractivity contribution in [3.63, 3.8) is 0 Å². The number of rotatable bonds is 1. The van der Waals surface area contributed by atoms with Gasteiger partial charge in [0.1, 0.15) is 5.75 Å². The van der Waals surface area contributed by atoms with Crippen LogP contribution in [0.15, 0.2) is 23.0 Å². The van der Waals surface area contributed by atoms with Gasteiger partial charge in [-0.1, -0.05) is 17.4 Å². The van der Waals surface area contributed by atoms with Crippen LogP contribution in [0.5, 0.6) is 5.75 Å². The number of hydrogen-bond donors (Lipinski definition) is 1. The number of benzene rings is 1. The first kappa shape index (κ1) is 8.73. The molecule has 0 bridgehead atoms. The lowest BCUT2D eigenvalue weighted by atomic mass is 10.1. The molecule has 0 amide bonds. The summed E-state index contributed by atoms with van der Waals surface area (Å²) >= 11 is 1.29. The van der Waals surface area contributed by atoms with Gasteiger partial charge in [0.25, 0.3) is 0 Å². The fraction of sp³-hybridized carbons (Fsp3) is 0.182. The number of nitrogens with one attached hydrogen (secondary N) is 1. The molecule has 0 unspecified atom stereocenters. The summed E-state index contributed by atoms with van der Waals surface area (Å²) in [6, 6.07) is 5.98. The maximum atomic E-state index is 11.2. The average Bonchev–Trinajstić information content (AvgIpc) is 2.73. The summed E-state index contributed by atoms with van der Waals surface area (Å²) in [5, 5.41) is 0. The largest absolute Gasteiger partial charge is 0.497 e. The Labute approximate surface area is 90.3 Å². The van der Waals surface area contributed by atoms with Crippen LogP contribution in [0.4, 0.5) is 0 Å². The van der Waals surface area contributed by atoms with Gasteiger partial charge >= 0.3 is 4.87 Å². The zero-order valence-electron chi connectivity index (χ0n) is 8.16. The Bertz CT molecular complexity index is 583. The Hall–Kier alpha value is -1.55. The number of hydrogen-bond acceptors (Lipinski definition) is 3. The summed E-state index contributed by atoms with van der Waals surface area (Å²) < 4.78 is 5.17. The van der Waals surface area contributed by atoms with E-state index < -0.39 is 0 Å². The van der Waals surface area contributed by atoms with Crippen LogP contribution in [0.3, 0.4) is 0 Å². The standard InChI is InChI=1S/C11H9NO2S/c1-14-7-3-2-6-4-9-10(8(6)5-7)12-11(13)15-9/h2-3,5H,4H2,1H3,(H,12,13). The normalized spacial score (nSPS) is 12.3. The molecule has 2 aromatic rings. The zero-order valence-corrected chi connectivity index (χ0v) is 8.98. The lowest BCUT2D eigenvalue weighted by Gasteiger charge is -2.03. The van der Waals surface area contributed by atoms with Crippen LogP contribution in [-0.2, 0) is 6.42 Å². The van der Waals surface area contributed by atoms with E-state index in [2.05, 4.69) is 11.1 Å². The van der Waals surface area contributed by atoms with Crippen LogP contribution in [0.2, 0.25) is 0 Å². The number of ether oxygens (including phenoxy) is 1. The zero-order chi connectivity index (χ0) is 10.4. The Morgan fingerprint density at radius 3 is 3.13 bits per heavy atom. The second-order valence-corrected chi connectivity index (χ2v) is 4.58. The monoisotopic (exact) mass is 219 g/mol.